The highest BCUT2D eigenvalue weighted by molar-refractivity contribution is 7.92. The minimum absolute atomic E-state index is 0.0934. The van der Waals surface area contributed by atoms with Crippen LogP contribution in [0.15, 0.2) is 35.2 Å². The van der Waals surface area contributed by atoms with E-state index in [0.29, 0.717) is 22.5 Å². The minimum atomic E-state index is -3.80. The number of sulfonamides is 1. The average Bonchev–Trinajstić information content (AvgIpc) is 2.88. The Balaban J connectivity index is 2.02. The predicted molar refractivity (Wildman–Crippen MR) is 94.4 cm³/mol. The smallest absolute Gasteiger partial charge is 0.265 e. The molecule has 2 N–H and O–H groups in total. The first-order valence-corrected chi connectivity index (χ1v) is 8.99. The third-order valence-corrected chi connectivity index (χ3v) is 5.36. The van der Waals surface area contributed by atoms with Crippen LogP contribution < -0.4 is 9.46 Å². The van der Waals surface area contributed by atoms with Crippen molar-refractivity contribution in [3.8, 4) is 5.75 Å². The number of imidazole rings is 1. The average molecular weight is 366 g/mol. The van der Waals surface area contributed by atoms with Crippen molar-refractivity contribution in [2.75, 3.05) is 11.8 Å². The SMILES string of the molecule is COc1cc(C)c(C)cc1S(=O)(=O)Nc1ccc2nc(Cl)[nH]c2c1. The molecule has 0 aliphatic carbocycles. The van der Waals surface area contributed by atoms with Crippen molar-refractivity contribution < 1.29 is 13.2 Å². The van der Waals surface area contributed by atoms with Gasteiger partial charge in [-0.25, -0.2) is 13.4 Å². The van der Waals surface area contributed by atoms with Crippen LogP contribution in [0.4, 0.5) is 5.69 Å². The molecule has 8 heteroatoms. The van der Waals surface area contributed by atoms with E-state index in [2.05, 4.69) is 14.7 Å². The van der Waals surface area contributed by atoms with Gasteiger partial charge in [0, 0.05) is 0 Å². The van der Waals surface area contributed by atoms with Crippen LogP contribution in [0.5, 0.6) is 5.75 Å². The molecule has 2 aromatic carbocycles. The van der Waals surface area contributed by atoms with Gasteiger partial charge in [-0.3, -0.25) is 4.72 Å². The lowest BCUT2D eigenvalue weighted by atomic mass is 10.1. The number of aromatic amines is 1. The van der Waals surface area contributed by atoms with Crippen LogP contribution in [0.25, 0.3) is 11.0 Å². The lowest BCUT2D eigenvalue weighted by Crippen LogP contribution is -2.14. The molecule has 0 saturated carbocycles. The third-order valence-electron chi connectivity index (χ3n) is 3.77. The maximum Gasteiger partial charge on any atom is 0.265 e. The molecule has 0 radical (unpaired) electrons. The molecule has 0 spiro atoms. The fourth-order valence-electron chi connectivity index (χ4n) is 2.38. The fraction of sp³-hybridized carbons (Fsp3) is 0.188. The standard InChI is InChI=1S/C16H16ClN3O3S/c1-9-6-14(23-3)15(7-10(9)2)24(21,22)20-11-4-5-12-13(8-11)19-16(17)18-12/h4-8,20H,1-3H3,(H,18,19). The maximum atomic E-state index is 12.7. The van der Waals surface area contributed by atoms with Crippen molar-refractivity contribution in [1.29, 1.82) is 0 Å². The number of nitrogens with zero attached hydrogens (tertiary/aromatic N) is 1. The number of halogens is 1. The lowest BCUT2D eigenvalue weighted by molar-refractivity contribution is 0.402. The Kier molecular flexibility index (Phi) is 4.15. The third kappa shape index (κ3) is 3.05. The van der Waals surface area contributed by atoms with Gasteiger partial charge in [0.05, 0.1) is 23.8 Å². The molecule has 1 heterocycles. The summed E-state index contributed by atoms with van der Waals surface area (Å²) in [6.07, 6.45) is 0. The van der Waals surface area contributed by atoms with Gasteiger partial charge in [-0.05, 0) is 66.9 Å². The van der Waals surface area contributed by atoms with Crippen molar-refractivity contribution in [1.82, 2.24) is 9.97 Å². The van der Waals surface area contributed by atoms with Gasteiger partial charge in [0.1, 0.15) is 10.6 Å². The number of benzene rings is 2. The number of methoxy groups -OCH3 is 1. The van der Waals surface area contributed by atoms with Gasteiger partial charge in [-0.15, -0.1) is 0 Å². The maximum absolute atomic E-state index is 12.7. The number of rotatable bonds is 4. The molecule has 0 saturated heterocycles. The molecule has 3 aromatic rings. The minimum Gasteiger partial charge on any atom is -0.495 e. The Morgan fingerprint density at radius 1 is 1.17 bits per heavy atom. The number of fused-ring (bicyclic) bond motifs is 1. The summed E-state index contributed by atoms with van der Waals surface area (Å²) >= 11 is 5.81. The second-order valence-corrected chi connectivity index (χ2v) is 7.46. The highest BCUT2D eigenvalue weighted by atomic mass is 35.5. The Labute approximate surface area is 144 Å². The normalized spacial score (nSPS) is 11.7. The van der Waals surface area contributed by atoms with E-state index < -0.39 is 10.0 Å². The highest BCUT2D eigenvalue weighted by Gasteiger charge is 2.21. The summed E-state index contributed by atoms with van der Waals surface area (Å²) in [4.78, 5) is 7.02. The Bertz CT molecular complexity index is 1030. The fourth-order valence-corrected chi connectivity index (χ4v) is 3.86. The van der Waals surface area contributed by atoms with Crippen molar-refractivity contribution in [2.45, 2.75) is 18.7 Å². The molecular formula is C16H16ClN3O3S. The van der Waals surface area contributed by atoms with E-state index in [-0.39, 0.29) is 10.2 Å². The molecular weight excluding hydrogens is 350 g/mol. The van der Waals surface area contributed by atoms with E-state index in [4.69, 9.17) is 16.3 Å². The zero-order valence-electron chi connectivity index (χ0n) is 13.3. The number of aryl methyl sites for hydroxylation is 2. The molecule has 0 aliphatic rings. The quantitative estimate of drug-likeness (QED) is 0.739. The molecule has 0 atom stereocenters. The zero-order valence-corrected chi connectivity index (χ0v) is 14.9. The number of nitrogens with one attached hydrogen (secondary N) is 2. The molecule has 126 valence electrons. The van der Waals surface area contributed by atoms with Crippen molar-refractivity contribution in [3.63, 3.8) is 0 Å². The van der Waals surface area contributed by atoms with Crippen LogP contribution in [0, 0.1) is 13.8 Å². The summed E-state index contributed by atoms with van der Waals surface area (Å²) in [6.45, 7) is 3.75. The van der Waals surface area contributed by atoms with Crippen LogP contribution in [0.3, 0.4) is 0 Å². The summed E-state index contributed by atoms with van der Waals surface area (Å²) in [6, 6.07) is 8.26. The first kappa shape index (κ1) is 16.6. The van der Waals surface area contributed by atoms with E-state index in [9.17, 15) is 8.42 Å². The first-order valence-electron chi connectivity index (χ1n) is 7.13. The second-order valence-electron chi connectivity index (χ2n) is 5.45. The molecule has 1 aromatic heterocycles. The second kappa shape index (κ2) is 5.99. The van der Waals surface area contributed by atoms with Gasteiger partial charge in [0.25, 0.3) is 10.0 Å². The summed E-state index contributed by atoms with van der Waals surface area (Å²) in [7, 11) is -2.35. The van der Waals surface area contributed by atoms with E-state index in [1.54, 1.807) is 30.3 Å². The number of ether oxygens (including phenoxy) is 1. The summed E-state index contributed by atoms with van der Waals surface area (Å²) in [5.74, 6) is 0.302. The van der Waals surface area contributed by atoms with Gasteiger partial charge in [0.2, 0.25) is 5.28 Å². The monoisotopic (exact) mass is 365 g/mol. The Morgan fingerprint density at radius 2 is 1.88 bits per heavy atom. The van der Waals surface area contributed by atoms with Crippen molar-refractivity contribution >= 4 is 38.3 Å². The molecule has 6 nitrogen and oxygen atoms in total. The lowest BCUT2D eigenvalue weighted by Gasteiger charge is -2.14. The Hall–Kier alpha value is -2.25. The molecule has 3 rings (SSSR count). The van der Waals surface area contributed by atoms with Gasteiger partial charge in [-0.2, -0.15) is 0 Å². The van der Waals surface area contributed by atoms with Gasteiger partial charge >= 0.3 is 0 Å². The van der Waals surface area contributed by atoms with Crippen molar-refractivity contribution in [2.24, 2.45) is 0 Å². The van der Waals surface area contributed by atoms with E-state index in [1.807, 2.05) is 13.8 Å². The number of aromatic nitrogens is 2. The number of anilines is 1. The molecule has 24 heavy (non-hydrogen) atoms. The van der Waals surface area contributed by atoms with Crippen LogP contribution in [-0.4, -0.2) is 25.5 Å². The van der Waals surface area contributed by atoms with E-state index in [1.165, 1.54) is 7.11 Å². The van der Waals surface area contributed by atoms with Crippen molar-refractivity contribution in [3.05, 3.63) is 46.7 Å². The van der Waals surface area contributed by atoms with E-state index in [0.717, 1.165) is 11.1 Å². The molecule has 0 fully saturated rings. The zero-order chi connectivity index (χ0) is 17.5. The van der Waals surface area contributed by atoms with E-state index >= 15 is 0 Å². The summed E-state index contributed by atoms with van der Waals surface area (Å²) < 4.78 is 33.3. The van der Waals surface area contributed by atoms with Crippen LogP contribution in [-0.2, 0) is 10.0 Å². The van der Waals surface area contributed by atoms with Crippen LogP contribution in [0.2, 0.25) is 5.28 Å². The molecule has 0 amide bonds. The number of hydrogen-bond acceptors (Lipinski definition) is 4. The van der Waals surface area contributed by atoms with Gasteiger partial charge < -0.3 is 9.72 Å². The highest BCUT2D eigenvalue weighted by Crippen LogP contribution is 2.29. The first-order chi connectivity index (χ1) is 11.3. The summed E-state index contributed by atoms with van der Waals surface area (Å²) in [5.41, 5.74) is 3.54. The van der Waals surface area contributed by atoms with Gasteiger partial charge in [-0.1, -0.05) is 0 Å². The number of hydrogen-bond donors (Lipinski definition) is 2. The Morgan fingerprint density at radius 3 is 2.58 bits per heavy atom. The van der Waals surface area contributed by atoms with Crippen LogP contribution in [0.1, 0.15) is 11.1 Å². The molecule has 0 aliphatic heterocycles. The molecule has 0 unspecified atom stereocenters. The summed E-state index contributed by atoms with van der Waals surface area (Å²) in [5, 5.41) is 0.251. The van der Waals surface area contributed by atoms with Crippen LogP contribution >= 0.6 is 11.6 Å². The predicted octanol–water partition coefficient (Wildman–Crippen LogP) is 3.64. The number of H-pyrrole nitrogens is 1. The molecule has 0 bridgehead atoms. The topological polar surface area (TPSA) is 84.1 Å². The largest absolute Gasteiger partial charge is 0.495 e. The van der Waals surface area contributed by atoms with Gasteiger partial charge in [0.15, 0.2) is 0 Å².